The molecule has 0 saturated carbocycles. The van der Waals surface area contributed by atoms with Gasteiger partial charge in [-0.15, -0.1) is 0 Å². The first-order valence-corrected chi connectivity index (χ1v) is 10.2. The number of hydrogen-bond acceptors (Lipinski definition) is 4. The minimum absolute atomic E-state index is 0.519. The maximum atomic E-state index is 6.21. The molecule has 5 nitrogen and oxygen atoms in total. The molecule has 0 radical (unpaired) electrons. The van der Waals surface area contributed by atoms with Crippen LogP contribution in [0.15, 0.2) is 53.7 Å². The normalized spacial score (nSPS) is 19.7. The van der Waals surface area contributed by atoms with Crippen LogP contribution >= 0.6 is 0 Å². The number of aryl methyl sites for hydroxylation is 1. The third-order valence-electron chi connectivity index (χ3n) is 6.03. The van der Waals surface area contributed by atoms with Gasteiger partial charge in [-0.05, 0) is 74.7 Å². The summed E-state index contributed by atoms with van der Waals surface area (Å²) in [7, 11) is 6.26. The molecule has 1 aliphatic heterocycles. The smallest absolute Gasteiger partial charge is 0.144 e. The minimum atomic E-state index is 0.519. The molecule has 4 rings (SSSR count). The summed E-state index contributed by atoms with van der Waals surface area (Å²) in [6.07, 6.45) is 2.09. The molecule has 1 aliphatic rings. The Morgan fingerprint density at radius 2 is 1.83 bits per heavy atom. The van der Waals surface area contributed by atoms with Crippen LogP contribution in [0.5, 0.6) is 5.75 Å². The molecule has 152 valence electrons. The van der Waals surface area contributed by atoms with E-state index in [1.165, 1.54) is 16.5 Å². The third kappa shape index (κ3) is 4.07. The number of fused-ring (bicyclic) bond motifs is 1. The Hall–Kier alpha value is -2.63. The molecule has 1 saturated heterocycles. The van der Waals surface area contributed by atoms with Gasteiger partial charge in [0.2, 0.25) is 0 Å². The molecule has 5 heteroatoms. The number of aliphatic imine (C=N–C) groups is 1. The van der Waals surface area contributed by atoms with Crippen LogP contribution in [-0.4, -0.2) is 56.5 Å². The van der Waals surface area contributed by atoms with Crippen molar-refractivity contribution in [2.75, 3.05) is 40.3 Å². The lowest BCUT2D eigenvalue weighted by molar-refractivity contribution is 0.222. The number of nitrogens with zero attached hydrogens (tertiary/aromatic N) is 3. The molecule has 2 unspecified atom stereocenters. The van der Waals surface area contributed by atoms with Crippen LogP contribution < -0.4 is 10.1 Å². The molecule has 1 aromatic heterocycles. The highest BCUT2D eigenvalue weighted by Gasteiger charge is 2.30. The second kappa shape index (κ2) is 8.39. The van der Waals surface area contributed by atoms with E-state index in [1.54, 1.807) is 0 Å². The lowest BCUT2D eigenvalue weighted by atomic mass is 9.97. The summed E-state index contributed by atoms with van der Waals surface area (Å²) in [5.41, 5.74) is 4.33. The summed E-state index contributed by atoms with van der Waals surface area (Å²) >= 11 is 0. The SMILES string of the molecule is C=Nc1cc(-c2ccc3c(ccn3C)c2)ccc1OCC1CN(C)CC1CNC. The highest BCUT2D eigenvalue weighted by molar-refractivity contribution is 5.86. The van der Waals surface area contributed by atoms with Gasteiger partial charge in [-0.3, -0.25) is 4.99 Å². The molecule has 2 atom stereocenters. The van der Waals surface area contributed by atoms with Gasteiger partial charge in [0.15, 0.2) is 0 Å². The first-order valence-electron chi connectivity index (χ1n) is 10.2. The maximum Gasteiger partial charge on any atom is 0.144 e. The van der Waals surface area contributed by atoms with Crippen LogP contribution in [0.4, 0.5) is 5.69 Å². The first kappa shape index (κ1) is 19.7. The van der Waals surface area contributed by atoms with Crippen LogP contribution in [0.25, 0.3) is 22.0 Å². The molecule has 1 fully saturated rings. The zero-order chi connectivity index (χ0) is 20.4. The van der Waals surface area contributed by atoms with Gasteiger partial charge in [0.05, 0.1) is 6.61 Å². The van der Waals surface area contributed by atoms with Gasteiger partial charge in [-0.1, -0.05) is 12.1 Å². The average Bonchev–Trinajstić information content (AvgIpc) is 3.28. The number of benzene rings is 2. The summed E-state index contributed by atoms with van der Waals surface area (Å²) in [6, 6.07) is 14.9. The highest BCUT2D eigenvalue weighted by atomic mass is 16.5. The second-order valence-electron chi connectivity index (χ2n) is 8.15. The monoisotopic (exact) mass is 390 g/mol. The Morgan fingerprint density at radius 3 is 2.62 bits per heavy atom. The Labute approximate surface area is 173 Å². The molecule has 1 N–H and O–H groups in total. The van der Waals surface area contributed by atoms with Gasteiger partial charge in [0.25, 0.3) is 0 Å². The number of likely N-dealkylation sites (tertiary alicyclic amines) is 1. The van der Waals surface area contributed by atoms with Gasteiger partial charge in [-0.2, -0.15) is 0 Å². The van der Waals surface area contributed by atoms with Crippen LogP contribution in [0, 0.1) is 11.8 Å². The Balaban J connectivity index is 1.52. The van der Waals surface area contributed by atoms with Crippen molar-refractivity contribution >= 4 is 23.3 Å². The van der Waals surface area contributed by atoms with Crippen molar-refractivity contribution in [3.05, 3.63) is 48.7 Å². The fourth-order valence-electron chi connectivity index (χ4n) is 4.46. The van der Waals surface area contributed by atoms with E-state index in [4.69, 9.17) is 4.74 Å². The molecular weight excluding hydrogens is 360 g/mol. The van der Waals surface area contributed by atoms with Crippen LogP contribution in [0.1, 0.15) is 0 Å². The van der Waals surface area contributed by atoms with Crippen molar-refractivity contribution in [2.45, 2.75) is 0 Å². The van der Waals surface area contributed by atoms with Gasteiger partial charge in [-0.25, -0.2) is 0 Å². The number of hydrogen-bond donors (Lipinski definition) is 1. The number of ether oxygens (including phenoxy) is 1. The number of nitrogens with one attached hydrogen (secondary N) is 1. The lowest BCUT2D eigenvalue weighted by Gasteiger charge is -2.19. The van der Waals surface area contributed by atoms with Crippen molar-refractivity contribution in [1.29, 1.82) is 0 Å². The zero-order valence-corrected chi connectivity index (χ0v) is 17.6. The molecule has 29 heavy (non-hydrogen) atoms. The van der Waals surface area contributed by atoms with Crippen molar-refractivity contribution < 1.29 is 4.74 Å². The van der Waals surface area contributed by atoms with E-state index >= 15 is 0 Å². The summed E-state index contributed by atoms with van der Waals surface area (Å²) in [4.78, 5) is 6.62. The van der Waals surface area contributed by atoms with Gasteiger partial charge in [0, 0.05) is 43.2 Å². The first-order chi connectivity index (χ1) is 14.1. The standard InChI is InChI=1S/C24H30N4O/c1-25-13-20-14-27(3)15-21(20)16-29-24-8-6-18(12-22(24)26-2)17-5-7-23-19(11-17)9-10-28(23)4/h5-12,20-21,25H,2,13-16H2,1,3-4H3. The molecule has 0 amide bonds. The van der Waals surface area contributed by atoms with Gasteiger partial charge in [0.1, 0.15) is 11.4 Å². The van der Waals surface area contributed by atoms with Crippen molar-refractivity contribution in [1.82, 2.24) is 14.8 Å². The topological polar surface area (TPSA) is 41.8 Å². The van der Waals surface area contributed by atoms with E-state index in [0.29, 0.717) is 18.4 Å². The van der Waals surface area contributed by atoms with Gasteiger partial charge >= 0.3 is 0 Å². The Kier molecular flexibility index (Phi) is 5.69. The fraction of sp³-hybridized carbons (Fsp3) is 0.375. The van der Waals surface area contributed by atoms with Crippen LogP contribution in [0.2, 0.25) is 0 Å². The van der Waals surface area contributed by atoms with E-state index < -0.39 is 0 Å². The highest BCUT2D eigenvalue weighted by Crippen LogP contribution is 2.34. The summed E-state index contributed by atoms with van der Waals surface area (Å²) in [5, 5.41) is 4.54. The van der Waals surface area contributed by atoms with Crippen molar-refractivity contribution in [3.8, 4) is 16.9 Å². The Bertz CT molecular complexity index is 1010. The maximum absolute atomic E-state index is 6.21. The number of rotatable bonds is 7. The van der Waals surface area contributed by atoms with E-state index in [1.807, 2.05) is 13.1 Å². The quantitative estimate of drug-likeness (QED) is 0.621. The Morgan fingerprint density at radius 1 is 1.07 bits per heavy atom. The largest absolute Gasteiger partial charge is 0.491 e. The van der Waals surface area contributed by atoms with Crippen LogP contribution in [-0.2, 0) is 7.05 Å². The lowest BCUT2D eigenvalue weighted by Crippen LogP contribution is -2.28. The molecular formula is C24H30N4O. The van der Waals surface area contributed by atoms with Gasteiger partial charge < -0.3 is 19.5 Å². The van der Waals surface area contributed by atoms with E-state index in [0.717, 1.165) is 36.6 Å². The number of aromatic nitrogens is 1. The predicted octanol–water partition coefficient (Wildman–Crippen LogP) is 3.95. The minimum Gasteiger partial charge on any atom is -0.491 e. The average molecular weight is 391 g/mol. The summed E-state index contributed by atoms with van der Waals surface area (Å²) < 4.78 is 8.34. The molecule has 2 aromatic carbocycles. The molecule has 0 bridgehead atoms. The molecule has 0 spiro atoms. The fourth-order valence-corrected chi connectivity index (χ4v) is 4.46. The molecule has 0 aliphatic carbocycles. The van der Waals surface area contributed by atoms with Crippen molar-refractivity contribution in [3.63, 3.8) is 0 Å². The third-order valence-corrected chi connectivity index (χ3v) is 6.03. The summed E-state index contributed by atoms with van der Waals surface area (Å²) in [5.74, 6) is 1.94. The molecule has 2 heterocycles. The second-order valence-corrected chi connectivity index (χ2v) is 8.15. The van der Waals surface area contributed by atoms with E-state index in [2.05, 4.69) is 83.2 Å². The zero-order valence-electron chi connectivity index (χ0n) is 17.6. The van der Waals surface area contributed by atoms with E-state index in [9.17, 15) is 0 Å². The van der Waals surface area contributed by atoms with E-state index in [-0.39, 0.29) is 0 Å². The molecule has 3 aromatic rings. The predicted molar refractivity (Wildman–Crippen MR) is 121 cm³/mol. The van der Waals surface area contributed by atoms with Crippen LogP contribution in [0.3, 0.4) is 0 Å². The summed E-state index contributed by atoms with van der Waals surface area (Å²) in [6.45, 7) is 7.67. The van der Waals surface area contributed by atoms with Crippen molar-refractivity contribution in [2.24, 2.45) is 23.9 Å².